The fraction of sp³-hybridized carbons (Fsp3) is 0.250. The molecule has 0 radical (unpaired) electrons. The zero-order valence-electron chi connectivity index (χ0n) is 8.90. The minimum Gasteiger partial charge on any atom is -0.366 e. The molecular formula is C12H14N2O. The third-order valence-corrected chi connectivity index (χ3v) is 2.56. The third-order valence-electron chi connectivity index (χ3n) is 2.56. The average molecular weight is 202 g/mol. The Balaban J connectivity index is 2.66. The largest absolute Gasteiger partial charge is 0.366 e. The van der Waals surface area contributed by atoms with E-state index in [-0.39, 0.29) is 5.91 Å². The predicted molar refractivity (Wildman–Crippen MR) is 60.8 cm³/mol. The van der Waals surface area contributed by atoms with Crippen molar-refractivity contribution in [3.05, 3.63) is 36.0 Å². The lowest BCUT2D eigenvalue weighted by Gasteiger charge is -2.09. The van der Waals surface area contributed by atoms with Crippen LogP contribution in [0.5, 0.6) is 0 Å². The topological polar surface area (TPSA) is 48.0 Å². The van der Waals surface area contributed by atoms with Gasteiger partial charge in [-0.05, 0) is 37.4 Å². The Kier molecular flexibility index (Phi) is 2.23. The summed E-state index contributed by atoms with van der Waals surface area (Å²) in [7, 11) is 0. The number of hydrogen-bond donors (Lipinski definition) is 1. The maximum atomic E-state index is 11.1. The van der Waals surface area contributed by atoms with Crippen molar-refractivity contribution < 1.29 is 4.79 Å². The molecule has 1 amide bonds. The summed E-state index contributed by atoms with van der Waals surface area (Å²) in [6.07, 6.45) is 2.03. The number of rotatable bonds is 2. The number of aromatic nitrogens is 1. The monoisotopic (exact) mass is 202 g/mol. The summed E-state index contributed by atoms with van der Waals surface area (Å²) in [4.78, 5) is 11.1. The maximum absolute atomic E-state index is 11.1. The normalized spacial score (nSPS) is 11.1. The average Bonchev–Trinajstić information content (AvgIpc) is 2.59. The zero-order chi connectivity index (χ0) is 11.0. The van der Waals surface area contributed by atoms with Crippen molar-refractivity contribution in [1.82, 2.24) is 4.57 Å². The van der Waals surface area contributed by atoms with E-state index in [4.69, 9.17) is 5.73 Å². The van der Waals surface area contributed by atoms with E-state index in [2.05, 4.69) is 18.4 Å². The van der Waals surface area contributed by atoms with Crippen molar-refractivity contribution in [1.29, 1.82) is 0 Å². The van der Waals surface area contributed by atoms with Gasteiger partial charge in [-0.25, -0.2) is 0 Å². The minimum absolute atomic E-state index is 0.380. The lowest BCUT2D eigenvalue weighted by Crippen LogP contribution is -2.10. The molecule has 1 aromatic heterocycles. The molecule has 0 aliphatic carbocycles. The number of amides is 1. The Morgan fingerprint density at radius 1 is 1.33 bits per heavy atom. The SMILES string of the molecule is CC(C)n1ccc2ccc(C(N)=O)cc21. The molecule has 2 aromatic rings. The van der Waals surface area contributed by atoms with E-state index in [0.29, 0.717) is 11.6 Å². The number of fused-ring (bicyclic) bond motifs is 1. The Hall–Kier alpha value is -1.77. The first-order chi connectivity index (χ1) is 7.09. The first-order valence-electron chi connectivity index (χ1n) is 5.00. The lowest BCUT2D eigenvalue weighted by molar-refractivity contribution is 0.100. The van der Waals surface area contributed by atoms with Gasteiger partial charge in [0, 0.05) is 23.3 Å². The molecule has 0 saturated heterocycles. The van der Waals surface area contributed by atoms with E-state index < -0.39 is 0 Å². The van der Waals surface area contributed by atoms with Crippen molar-refractivity contribution in [2.24, 2.45) is 5.73 Å². The fourth-order valence-corrected chi connectivity index (χ4v) is 1.75. The molecule has 0 fully saturated rings. The number of primary amides is 1. The van der Waals surface area contributed by atoms with Gasteiger partial charge in [-0.15, -0.1) is 0 Å². The van der Waals surface area contributed by atoms with Crippen LogP contribution in [0.3, 0.4) is 0 Å². The number of hydrogen-bond acceptors (Lipinski definition) is 1. The van der Waals surface area contributed by atoms with Crippen molar-refractivity contribution in [2.45, 2.75) is 19.9 Å². The van der Waals surface area contributed by atoms with Crippen LogP contribution in [0.2, 0.25) is 0 Å². The van der Waals surface area contributed by atoms with E-state index in [1.165, 1.54) is 0 Å². The molecule has 2 N–H and O–H groups in total. The second kappa shape index (κ2) is 3.42. The molecule has 0 spiro atoms. The molecule has 3 nitrogen and oxygen atoms in total. The predicted octanol–water partition coefficient (Wildman–Crippen LogP) is 2.32. The standard InChI is InChI=1S/C12H14N2O/c1-8(2)14-6-5-9-3-4-10(12(13)15)7-11(9)14/h3-8H,1-2H3,(H2,13,15). The highest BCUT2D eigenvalue weighted by atomic mass is 16.1. The summed E-state index contributed by atoms with van der Waals surface area (Å²) in [5.74, 6) is -0.381. The molecular weight excluding hydrogens is 188 g/mol. The van der Waals surface area contributed by atoms with Crippen molar-refractivity contribution in [2.75, 3.05) is 0 Å². The van der Waals surface area contributed by atoms with Crippen LogP contribution in [0.15, 0.2) is 30.5 Å². The highest BCUT2D eigenvalue weighted by Gasteiger charge is 2.06. The van der Waals surface area contributed by atoms with Crippen LogP contribution < -0.4 is 5.73 Å². The molecule has 1 aromatic carbocycles. The van der Waals surface area contributed by atoms with E-state index >= 15 is 0 Å². The van der Waals surface area contributed by atoms with Gasteiger partial charge in [0.1, 0.15) is 0 Å². The van der Waals surface area contributed by atoms with Crippen LogP contribution in [0, 0.1) is 0 Å². The van der Waals surface area contributed by atoms with Gasteiger partial charge >= 0.3 is 0 Å². The van der Waals surface area contributed by atoms with Crippen LogP contribution in [-0.2, 0) is 0 Å². The van der Waals surface area contributed by atoms with Crippen LogP contribution in [0.4, 0.5) is 0 Å². The Labute approximate surface area is 88.5 Å². The molecule has 0 saturated carbocycles. The number of nitrogens with two attached hydrogens (primary N) is 1. The van der Waals surface area contributed by atoms with Gasteiger partial charge in [0.25, 0.3) is 0 Å². The Bertz CT molecular complexity index is 511. The van der Waals surface area contributed by atoms with Crippen molar-refractivity contribution >= 4 is 16.8 Å². The molecule has 0 unspecified atom stereocenters. The Morgan fingerprint density at radius 2 is 2.07 bits per heavy atom. The summed E-state index contributed by atoms with van der Waals surface area (Å²) in [5, 5.41) is 1.13. The summed E-state index contributed by atoms with van der Waals surface area (Å²) in [5.41, 5.74) is 6.87. The summed E-state index contributed by atoms with van der Waals surface area (Å²) in [6, 6.07) is 7.95. The first-order valence-corrected chi connectivity index (χ1v) is 5.00. The van der Waals surface area contributed by atoms with Gasteiger partial charge in [-0.2, -0.15) is 0 Å². The summed E-state index contributed by atoms with van der Waals surface area (Å²) < 4.78 is 2.13. The van der Waals surface area contributed by atoms with Crippen molar-refractivity contribution in [3.8, 4) is 0 Å². The number of nitrogens with zero attached hydrogens (tertiary/aromatic N) is 1. The molecule has 3 heteroatoms. The number of carbonyl (C=O) groups is 1. The van der Waals surface area contributed by atoms with Gasteiger partial charge in [0.2, 0.25) is 5.91 Å². The van der Waals surface area contributed by atoms with Gasteiger partial charge in [-0.3, -0.25) is 4.79 Å². The van der Waals surface area contributed by atoms with Crippen LogP contribution in [0.25, 0.3) is 10.9 Å². The van der Waals surface area contributed by atoms with Crippen LogP contribution >= 0.6 is 0 Å². The second-order valence-electron chi connectivity index (χ2n) is 3.95. The number of carbonyl (C=O) groups excluding carboxylic acids is 1. The second-order valence-corrected chi connectivity index (χ2v) is 3.95. The molecule has 0 aliphatic heterocycles. The molecule has 0 bridgehead atoms. The summed E-state index contributed by atoms with van der Waals surface area (Å²) >= 11 is 0. The Morgan fingerprint density at radius 3 is 2.67 bits per heavy atom. The maximum Gasteiger partial charge on any atom is 0.248 e. The molecule has 78 valence electrons. The third kappa shape index (κ3) is 1.61. The number of benzene rings is 1. The molecule has 2 rings (SSSR count). The minimum atomic E-state index is -0.381. The van der Waals surface area contributed by atoms with E-state index in [0.717, 1.165) is 10.9 Å². The van der Waals surface area contributed by atoms with Crippen LogP contribution in [-0.4, -0.2) is 10.5 Å². The van der Waals surface area contributed by atoms with Gasteiger partial charge in [-0.1, -0.05) is 6.07 Å². The molecule has 0 aliphatic rings. The van der Waals surface area contributed by atoms with Gasteiger partial charge < -0.3 is 10.3 Å². The van der Waals surface area contributed by atoms with E-state index in [1.54, 1.807) is 6.07 Å². The first kappa shape index (κ1) is 9.77. The zero-order valence-corrected chi connectivity index (χ0v) is 8.90. The lowest BCUT2D eigenvalue weighted by atomic mass is 10.1. The molecule has 1 heterocycles. The highest BCUT2D eigenvalue weighted by Crippen LogP contribution is 2.21. The van der Waals surface area contributed by atoms with Gasteiger partial charge in [0.15, 0.2) is 0 Å². The van der Waals surface area contributed by atoms with Crippen molar-refractivity contribution in [3.63, 3.8) is 0 Å². The molecule has 15 heavy (non-hydrogen) atoms. The summed E-state index contributed by atoms with van der Waals surface area (Å²) in [6.45, 7) is 4.22. The quantitative estimate of drug-likeness (QED) is 0.798. The van der Waals surface area contributed by atoms with E-state index in [9.17, 15) is 4.79 Å². The van der Waals surface area contributed by atoms with E-state index in [1.807, 2.05) is 24.4 Å². The highest BCUT2D eigenvalue weighted by molar-refractivity contribution is 5.97. The van der Waals surface area contributed by atoms with Crippen LogP contribution in [0.1, 0.15) is 30.2 Å². The molecule has 0 atom stereocenters. The fourth-order valence-electron chi connectivity index (χ4n) is 1.75. The smallest absolute Gasteiger partial charge is 0.248 e. The van der Waals surface area contributed by atoms with Gasteiger partial charge in [0.05, 0.1) is 0 Å².